The number of aryl methyl sites for hydroxylation is 2. The maximum Gasteiger partial charge on any atom is 0.329 e. The number of phenols is 1. The molecule has 0 saturated carbocycles. The van der Waals surface area contributed by atoms with Crippen molar-refractivity contribution in [1.29, 1.82) is 0 Å². The molecule has 0 heterocycles. The van der Waals surface area contributed by atoms with E-state index in [0.29, 0.717) is 22.6 Å². The Labute approximate surface area is 142 Å². The van der Waals surface area contributed by atoms with Crippen LogP contribution in [0, 0.1) is 17.4 Å². The normalized spacial score (nSPS) is 11.5. The Balaban J connectivity index is 2.32. The predicted molar refractivity (Wildman–Crippen MR) is 92.6 cm³/mol. The lowest BCUT2D eigenvalue weighted by Gasteiger charge is -2.14. The van der Waals surface area contributed by atoms with Crippen LogP contribution in [0.25, 0.3) is 0 Å². The van der Waals surface area contributed by atoms with Gasteiger partial charge in [-0.1, -0.05) is 6.07 Å². The number of aromatic hydroxyl groups is 1. The highest BCUT2D eigenvalue weighted by Gasteiger charge is 2.17. The summed E-state index contributed by atoms with van der Waals surface area (Å²) in [6.07, 6.45) is -0.289. The lowest BCUT2D eigenvalue weighted by atomic mass is 10.1. The molecule has 0 amide bonds. The molecule has 0 fully saturated rings. The Hall–Kier alpha value is -1.08. The fourth-order valence-electron chi connectivity index (χ4n) is 2.07. The molecule has 22 heavy (non-hydrogen) atoms. The van der Waals surface area contributed by atoms with E-state index >= 15 is 0 Å². The van der Waals surface area contributed by atoms with E-state index in [1.807, 2.05) is 6.92 Å². The summed E-state index contributed by atoms with van der Waals surface area (Å²) >= 11 is 2.08. The minimum absolute atomic E-state index is 0.204. The van der Waals surface area contributed by atoms with Crippen LogP contribution in [0.1, 0.15) is 16.7 Å². The summed E-state index contributed by atoms with van der Waals surface area (Å²) in [5.74, 6) is 1.44. The largest absolute Gasteiger partial charge is 0.508 e. The van der Waals surface area contributed by atoms with Gasteiger partial charge in [0.25, 0.3) is 0 Å². The molecule has 118 valence electrons. The molecule has 2 rings (SSSR count). The lowest BCUT2D eigenvalue weighted by molar-refractivity contribution is 0.371. The summed E-state index contributed by atoms with van der Waals surface area (Å²) in [5, 5.41) is 9.53. The Morgan fingerprint density at radius 3 is 2.36 bits per heavy atom. The summed E-state index contributed by atoms with van der Waals surface area (Å²) < 4.78 is 17.7. The fraction of sp³-hybridized carbons (Fsp3) is 0.200. The van der Waals surface area contributed by atoms with Gasteiger partial charge in [0.15, 0.2) is 0 Å². The molecule has 2 aromatic carbocycles. The molecule has 0 spiro atoms. The molecule has 0 aliphatic heterocycles. The molecule has 0 atom stereocenters. The first kappa shape index (κ1) is 17.3. The van der Waals surface area contributed by atoms with Crippen LogP contribution in [0.3, 0.4) is 0 Å². The van der Waals surface area contributed by atoms with Crippen LogP contribution in [0.15, 0.2) is 30.3 Å². The zero-order valence-electron chi connectivity index (χ0n) is 12.1. The van der Waals surface area contributed by atoms with Crippen LogP contribution in [-0.2, 0) is 10.7 Å². The van der Waals surface area contributed by atoms with E-state index < -0.39 is 7.60 Å². The summed E-state index contributed by atoms with van der Waals surface area (Å²) in [6.45, 7) is 3.61. The minimum Gasteiger partial charge on any atom is -0.508 e. The standard InChI is InChI=1S/C15H16IO5P/c1-9-6-12(3-4-14(9)17)21-15-10(2)5-11(7-13(15)16)8-22(18,19)20/h3-7,17H,8H2,1-2H3,(H2,18,19,20). The molecular weight excluding hydrogens is 418 g/mol. The van der Waals surface area contributed by atoms with Crippen LogP contribution in [0.4, 0.5) is 0 Å². The average Bonchev–Trinajstić information content (AvgIpc) is 2.36. The number of phenolic OH excluding ortho intramolecular Hbond substituents is 1. The van der Waals surface area contributed by atoms with Crippen LogP contribution in [0.5, 0.6) is 17.2 Å². The molecule has 7 heteroatoms. The van der Waals surface area contributed by atoms with Crippen molar-refractivity contribution in [2.45, 2.75) is 20.0 Å². The van der Waals surface area contributed by atoms with Crippen molar-refractivity contribution in [2.75, 3.05) is 0 Å². The molecule has 0 saturated heterocycles. The van der Waals surface area contributed by atoms with Crippen molar-refractivity contribution >= 4 is 30.2 Å². The van der Waals surface area contributed by atoms with E-state index in [9.17, 15) is 9.67 Å². The third kappa shape index (κ3) is 4.46. The first-order chi connectivity index (χ1) is 10.2. The van der Waals surface area contributed by atoms with E-state index in [4.69, 9.17) is 14.5 Å². The van der Waals surface area contributed by atoms with E-state index in [1.165, 1.54) is 0 Å². The highest BCUT2D eigenvalue weighted by atomic mass is 127. The zero-order chi connectivity index (χ0) is 16.5. The van der Waals surface area contributed by atoms with Gasteiger partial charge in [0.1, 0.15) is 17.2 Å². The Kier molecular flexibility index (Phi) is 5.17. The second-order valence-corrected chi connectivity index (χ2v) is 7.90. The smallest absolute Gasteiger partial charge is 0.329 e. The van der Waals surface area contributed by atoms with Gasteiger partial charge in [-0.2, -0.15) is 0 Å². The molecular formula is C15H16IO5P. The molecule has 0 unspecified atom stereocenters. The van der Waals surface area contributed by atoms with E-state index in [0.717, 1.165) is 9.13 Å². The quantitative estimate of drug-likeness (QED) is 0.499. The molecule has 5 nitrogen and oxygen atoms in total. The number of hydrogen-bond donors (Lipinski definition) is 3. The molecule has 0 radical (unpaired) electrons. The van der Waals surface area contributed by atoms with E-state index in [1.54, 1.807) is 37.3 Å². The van der Waals surface area contributed by atoms with Crippen LogP contribution in [0.2, 0.25) is 0 Å². The van der Waals surface area contributed by atoms with Gasteiger partial charge < -0.3 is 19.6 Å². The van der Waals surface area contributed by atoms with Gasteiger partial charge in [0.05, 0.1) is 9.73 Å². The molecule has 0 aliphatic carbocycles. The van der Waals surface area contributed by atoms with Crippen molar-refractivity contribution in [3.8, 4) is 17.2 Å². The first-order valence-electron chi connectivity index (χ1n) is 6.47. The molecule has 0 aliphatic rings. The second kappa shape index (κ2) is 6.58. The zero-order valence-corrected chi connectivity index (χ0v) is 15.1. The monoisotopic (exact) mass is 434 g/mol. The number of rotatable bonds is 4. The molecule has 3 N–H and O–H groups in total. The van der Waals surface area contributed by atoms with Gasteiger partial charge in [-0.05, 0) is 77.4 Å². The van der Waals surface area contributed by atoms with Gasteiger partial charge in [-0.3, -0.25) is 4.57 Å². The average molecular weight is 434 g/mol. The highest BCUT2D eigenvalue weighted by molar-refractivity contribution is 14.1. The van der Waals surface area contributed by atoms with Gasteiger partial charge in [-0.25, -0.2) is 0 Å². The number of hydrogen-bond acceptors (Lipinski definition) is 3. The number of ether oxygens (including phenoxy) is 1. The second-order valence-electron chi connectivity index (χ2n) is 5.10. The van der Waals surface area contributed by atoms with Gasteiger partial charge >= 0.3 is 7.60 Å². The number of halogens is 1. The SMILES string of the molecule is Cc1cc(Oc2c(C)cc(CP(=O)(O)O)cc2I)ccc1O. The maximum absolute atomic E-state index is 11.1. The Bertz CT molecular complexity index is 731. The third-order valence-electron chi connectivity index (χ3n) is 3.07. The van der Waals surface area contributed by atoms with Crippen molar-refractivity contribution in [3.05, 3.63) is 50.6 Å². The van der Waals surface area contributed by atoms with Crippen molar-refractivity contribution in [3.63, 3.8) is 0 Å². The highest BCUT2D eigenvalue weighted by Crippen LogP contribution is 2.41. The van der Waals surface area contributed by atoms with Gasteiger partial charge in [-0.15, -0.1) is 0 Å². The summed E-state index contributed by atoms with van der Waals surface area (Å²) in [4.78, 5) is 18.1. The summed E-state index contributed by atoms with van der Waals surface area (Å²) in [6, 6.07) is 8.38. The van der Waals surface area contributed by atoms with E-state index in [-0.39, 0.29) is 11.9 Å². The first-order valence-corrected chi connectivity index (χ1v) is 9.34. The van der Waals surface area contributed by atoms with Crippen molar-refractivity contribution in [1.82, 2.24) is 0 Å². The molecule has 0 aromatic heterocycles. The topological polar surface area (TPSA) is 87.0 Å². The summed E-state index contributed by atoms with van der Waals surface area (Å²) in [7, 11) is -4.09. The van der Waals surface area contributed by atoms with E-state index in [2.05, 4.69) is 22.6 Å². The van der Waals surface area contributed by atoms with Crippen molar-refractivity contribution in [2.24, 2.45) is 0 Å². The van der Waals surface area contributed by atoms with Crippen LogP contribution < -0.4 is 4.74 Å². The minimum atomic E-state index is -4.09. The maximum atomic E-state index is 11.1. The third-order valence-corrected chi connectivity index (χ3v) is 4.64. The predicted octanol–water partition coefficient (Wildman–Crippen LogP) is 4.08. The fourth-order valence-corrected chi connectivity index (χ4v) is 3.66. The Morgan fingerprint density at radius 1 is 1.14 bits per heavy atom. The molecule has 2 aromatic rings. The van der Waals surface area contributed by atoms with Crippen LogP contribution in [-0.4, -0.2) is 14.9 Å². The number of benzene rings is 2. The van der Waals surface area contributed by atoms with Crippen molar-refractivity contribution < 1.29 is 24.2 Å². The lowest BCUT2D eigenvalue weighted by Crippen LogP contribution is -1.95. The van der Waals surface area contributed by atoms with Gasteiger partial charge in [0.2, 0.25) is 0 Å². The summed E-state index contributed by atoms with van der Waals surface area (Å²) in [5.41, 5.74) is 2.08. The van der Waals surface area contributed by atoms with Gasteiger partial charge in [0, 0.05) is 0 Å². The van der Waals surface area contributed by atoms with Crippen LogP contribution >= 0.6 is 30.2 Å². The Morgan fingerprint density at radius 2 is 1.82 bits per heavy atom. The molecule has 0 bridgehead atoms.